The first-order valence-corrected chi connectivity index (χ1v) is 11.1. The first kappa shape index (κ1) is 20.8. The first-order chi connectivity index (χ1) is 16.2. The van der Waals surface area contributed by atoms with Crippen molar-refractivity contribution in [1.29, 1.82) is 0 Å². The molecule has 1 atom stereocenters. The number of aryl methyl sites for hydroxylation is 1. The molecule has 4 aromatic rings. The highest BCUT2D eigenvalue weighted by Gasteiger charge is 2.27. The number of imidazole rings is 1. The summed E-state index contributed by atoms with van der Waals surface area (Å²) >= 11 is 0. The van der Waals surface area contributed by atoms with Crippen LogP contribution in [-0.2, 0) is 4.79 Å². The number of hydrogen-bond donors (Lipinski definition) is 1. The molecule has 0 radical (unpaired) electrons. The van der Waals surface area contributed by atoms with E-state index >= 15 is 0 Å². The summed E-state index contributed by atoms with van der Waals surface area (Å²) in [5.41, 5.74) is 1.97. The molecule has 3 aromatic heterocycles. The van der Waals surface area contributed by atoms with Gasteiger partial charge in [0, 0.05) is 37.2 Å². The van der Waals surface area contributed by atoms with Crippen LogP contribution >= 0.6 is 0 Å². The van der Waals surface area contributed by atoms with Crippen LogP contribution in [0.25, 0.3) is 17.2 Å². The van der Waals surface area contributed by atoms with Crippen molar-refractivity contribution in [1.82, 2.24) is 24.7 Å². The summed E-state index contributed by atoms with van der Waals surface area (Å²) in [4.78, 5) is 23.7. The van der Waals surface area contributed by atoms with Gasteiger partial charge in [-0.2, -0.15) is 0 Å². The quantitative estimate of drug-likeness (QED) is 0.508. The molecule has 166 valence electrons. The van der Waals surface area contributed by atoms with E-state index in [2.05, 4.69) is 30.4 Å². The number of hydrogen-bond acceptors (Lipinski definition) is 6. The minimum Gasteiger partial charge on any atom is -0.354 e. The third-order valence-electron chi connectivity index (χ3n) is 5.92. The monoisotopic (exact) mass is 439 g/mol. The van der Waals surface area contributed by atoms with Gasteiger partial charge in [0.15, 0.2) is 11.6 Å². The number of rotatable bonds is 5. The maximum absolute atomic E-state index is 12.9. The fraction of sp³-hybridized carbons (Fsp3) is 0.240. The molecule has 1 fully saturated rings. The molecular weight excluding hydrogens is 414 g/mol. The van der Waals surface area contributed by atoms with Gasteiger partial charge in [-0.05, 0) is 43.5 Å². The number of nitrogens with one attached hydrogen (secondary N) is 1. The molecule has 1 aromatic carbocycles. The van der Waals surface area contributed by atoms with Crippen molar-refractivity contribution < 1.29 is 4.79 Å². The number of anilines is 2. The summed E-state index contributed by atoms with van der Waals surface area (Å²) in [6.45, 7) is 3.39. The zero-order valence-corrected chi connectivity index (χ0v) is 18.4. The first-order valence-electron chi connectivity index (χ1n) is 11.1. The Kier molecular flexibility index (Phi) is 5.80. The predicted molar refractivity (Wildman–Crippen MR) is 127 cm³/mol. The Balaban J connectivity index is 1.29. The molecule has 1 amide bonds. The van der Waals surface area contributed by atoms with E-state index < -0.39 is 0 Å². The smallest absolute Gasteiger partial charge is 0.230 e. The Morgan fingerprint density at radius 2 is 1.79 bits per heavy atom. The molecule has 0 spiro atoms. The average Bonchev–Trinajstić information content (AvgIpc) is 3.36. The summed E-state index contributed by atoms with van der Waals surface area (Å²) in [6.07, 6.45) is 7.09. The highest BCUT2D eigenvalue weighted by Crippen LogP contribution is 2.24. The third kappa shape index (κ3) is 4.45. The van der Waals surface area contributed by atoms with Crippen LogP contribution in [-0.4, -0.2) is 43.7 Å². The van der Waals surface area contributed by atoms with Gasteiger partial charge >= 0.3 is 0 Å². The number of amides is 1. The largest absolute Gasteiger partial charge is 0.354 e. The van der Waals surface area contributed by atoms with Crippen molar-refractivity contribution in [3.05, 3.63) is 78.8 Å². The van der Waals surface area contributed by atoms with E-state index in [1.54, 1.807) is 12.4 Å². The molecule has 0 aliphatic carbocycles. The number of piperidine rings is 1. The Morgan fingerprint density at radius 1 is 0.970 bits per heavy atom. The van der Waals surface area contributed by atoms with Gasteiger partial charge in [0.1, 0.15) is 11.6 Å². The fourth-order valence-electron chi connectivity index (χ4n) is 4.14. The molecule has 0 bridgehead atoms. The lowest BCUT2D eigenvalue weighted by molar-refractivity contribution is -0.120. The Hall–Kier alpha value is -4.07. The zero-order valence-electron chi connectivity index (χ0n) is 18.4. The molecule has 1 aliphatic rings. The second-order valence-corrected chi connectivity index (χ2v) is 8.18. The summed E-state index contributed by atoms with van der Waals surface area (Å²) in [5.74, 6) is 2.78. The number of carbonyl (C=O) groups is 1. The summed E-state index contributed by atoms with van der Waals surface area (Å²) in [7, 11) is 0. The van der Waals surface area contributed by atoms with Crippen LogP contribution in [0.4, 0.5) is 11.6 Å². The summed E-state index contributed by atoms with van der Waals surface area (Å²) < 4.78 is 1.92. The molecule has 1 saturated heterocycles. The van der Waals surface area contributed by atoms with Crippen molar-refractivity contribution in [3.8, 4) is 17.2 Å². The standard InChI is InChI=1S/C25H25N7O/c1-18-7-5-13-26-23(18)28-25(33)20-10-6-15-31(17-20)21-11-12-22(30-29-21)32-16-14-27-24(32)19-8-3-2-4-9-19/h2-5,7-9,11-14,16,20H,6,10,15,17H2,1H3,(H,26,28,33). The van der Waals surface area contributed by atoms with E-state index in [1.807, 2.05) is 72.3 Å². The summed E-state index contributed by atoms with van der Waals surface area (Å²) in [6, 6.07) is 17.7. The second kappa shape index (κ2) is 9.20. The lowest BCUT2D eigenvalue weighted by Gasteiger charge is -2.32. The molecule has 8 heteroatoms. The molecule has 0 saturated carbocycles. The van der Waals surface area contributed by atoms with Crippen molar-refractivity contribution in [2.24, 2.45) is 5.92 Å². The van der Waals surface area contributed by atoms with Crippen molar-refractivity contribution in [3.63, 3.8) is 0 Å². The highest BCUT2D eigenvalue weighted by atomic mass is 16.2. The normalized spacial score (nSPS) is 15.9. The van der Waals surface area contributed by atoms with E-state index in [4.69, 9.17) is 0 Å². The van der Waals surface area contributed by atoms with Crippen molar-refractivity contribution in [2.45, 2.75) is 19.8 Å². The van der Waals surface area contributed by atoms with Gasteiger partial charge < -0.3 is 10.2 Å². The maximum Gasteiger partial charge on any atom is 0.230 e. The Labute approximate surface area is 192 Å². The van der Waals surface area contributed by atoms with Crippen LogP contribution in [0.2, 0.25) is 0 Å². The number of aromatic nitrogens is 5. The molecular formula is C25H25N7O. The summed E-state index contributed by atoms with van der Waals surface area (Å²) in [5, 5.41) is 11.9. The lowest BCUT2D eigenvalue weighted by Crippen LogP contribution is -2.41. The third-order valence-corrected chi connectivity index (χ3v) is 5.92. The fourth-order valence-corrected chi connectivity index (χ4v) is 4.14. The van der Waals surface area contributed by atoms with Gasteiger partial charge in [0.05, 0.1) is 5.92 Å². The minimum atomic E-state index is -0.125. The van der Waals surface area contributed by atoms with Crippen LogP contribution in [0.1, 0.15) is 18.4 Å². The zero-order chi connectivity index (χ0) is 22.6. The molecule has 4 heterocycles. The van der Waals surface area contributed by atoms with Crippen LogP contribution < -0.4 is 10.2 Å². The van der Waals surface area contributed by atoms with E-state index in [1.165, 1.54) is 0 Å². The van der Waals surface area contributed by atoms with Gasteiger partial charge in [-0.25, -0.2) is 9.97 Å². The lowest BCUT2D eigenvalue weighted by atomic mass is 9.97. The molecule has 33 heavy (non-hydrogen) atoms. The van der Waals surface area contributed by atoms with Gasteiger partial charge in [-0.1, -0.05) is 36.4 Å². The molecule has 8 nitrogen and oxygen atoms in total. The van der Waals surface area contributed by atoms with Crippen LogP contribution in [0.5, 0.6) is 0 Å². The molecule has 1 N–H and O–H groups in total. The van der Waals surface area contributed by atoms with Gasteiger partial charge in [-0.15, -0.1) is 10.2 Å². The van der Waals surface area contributed by atoms with Crippen molar-refractivity contribution >= 4 is 17.5 Å². The average molecular weight is 440 g/mol. The SMILES string of the molecule is Cc1cccnc1NC(=O)C1CCCN(c2ccc(-n3ccnc3-c3ccccc3)nn2)C1. The van der Waals surface area contributed by atoms with E-state index in [0.717, 1.165) is 42.2 Å². The number of pyridine rings is 1. The number of carbonyl (C=O) groups excluding carboxylic acids is 1. The highest BCUT2D eigenvalue weighted by molar-refractivity contribution is 5.92. The molecule has 1 unspecified atom stereocenters. The minimum absolute atomic E-state index is 0.00278. The van der Waals surface area contributed by atoms with Crippen molar-refractivity contribution in [2.75, 3.05) is 23.3 Å². The van der Waals surface area contributed by atoms with Gasteiger partial charge in [0.25, 0.3) is 0 Å². The molecule has 5 rings (SSSR count). The van der Waals surface area contributed by atoms with Crippen LogP contribution in [0.15, 0.2) is 73.2 Å². The Morgan fingerprint density at radius 3 is 2.58 bits per heavy atom. The van der Waals surface area contributed by atoms with E-state index in [9.17, 15) is 4.79 Å². The molecule has 1 aliphatic heterocycles. The van der Waals surface area contributed by atoms with E-state index in [-0.39, 0.29) is 11.8 Å². The van der Waals surface area contributed by atoms with Gasteiger partial charge in [-0.3, -0.25) is 9.36 Å². The number of benzene rings is 1. The van der Waals surface area contributed by atoms with Gasteiger partial charge in [0.2, 0.25) is 5.91 Å². The predicted octanol–water partition coefficient (Wildman–Crippen LogP) is 3.89. The maximum atomic E-state index is 12.9. The van der Waals surface area contributed by atoms with E-state index in [0.29, 0.717) is 18.2 Å². The number of nitrogens with zero attached hydrogens (tertiary/aromatic N) is 6. The Bertz CT molecular complexity index is 1240. The topological polar surface area (TPSA) is 88.8 Å². The second-order valence-electron chi connectivity index (χ2n) is 8.18. The van der Waals surface area contributed by atoms with Crippen LogP contribution in [0, 0.1) is 12.8 Å². The van der Waals surface area contributed by atoms with Crippen LogP contribution in [0.3, 0.4) is 0 Å².